The lowest BCUT2D eigenvalue weighted by molar-refractivity contribution is 0.602. The summed E-state index contributed by atoms with van der Waals surface area (Å²) in [4.78, 5) is 0. The molecule has 0 bridgehead atoms. The summed E-state index contributed by atoms with van der Waals surface area (Å²) in [6.45, 7) is 0.253. The number of rotatable bonds is 6. The van der Waals surface area contributed by atoms with Crippen LogP contribution in [0.3, 0.4) is 0 Å². The lowest BCUT2D eigenvalue weighted by Crippen LogP contribution is -2.21. The molecule has 2 aromatic rings. The minimum absolute atomic E-state index is 0.00567. The third-order valence-corrected chi connectivity index (χ3v) is 4.11. The summed E-state index contributed by atoms with van der Waals surface area (Å²) in [6, 6.07) is 15.3. The predicted octanol–water partition coefficient (Wildman–Crippen LogP) is 4.27. The lowest BCUT2D eigenvalue weighted by Gasteiger charge is -2.11. The molecule has 2 aromatic carbocycles. The number of hydrogen-bond acceptors (Lipinski definition) is 4. The summed E-state index contributed by atoms with van der Waals surface area (Å²) in [7, 11) is 0. The van der Waals surface area contributed by atoms with E-state index < -0.39 is 5.82 Å². The van der Waals surface area contributed by atoms with Crippen molar-refractivity contribution in [1.29, 1.82) is 10.5 Å². The Morgan fingerprint density at radius 3 is 2.08 bits per heavy atom. The van der Waals surface area contributed by atoms with E-state index >= 15 is 0 Å². The van der Waals surface area contributed by atoms with Crippen LogP contribution in [0.4, 0.5) is 4.39 Å². The van der Waals surface area contributed by atoms with Crippen molar-refractivity contribution in [3.63, 3.8) is 0 Å². The van der Waals surface area contributed by atoms with E-state index in [9.17, 15) is 14.9 Å². The maximum atomic E-state index is 13.8. The van der Waals surface area contributed by atoms with Gasteiger partial charge in [0, 0.05) is 28.7 Å². The number of hydrogen-bond donors (Lipinski definition) is 2. The molecule has 0 heterocycles. The fraction of sp³-hybridized carbons (Fsp3) is 0.111. The Morgan fingerprint density at radius 1 is 0.880 bits per heavy atom. The van der Waals surface area contributed by atoms with Gasteiger partial charge in [-0.1, -0.05) is 47.5 Å². The van der Waals surface area contributed by atoms with E-state index in [0.717, 1.165) is 5.56 Å². The molecule has 0 spiro atoms. The standard InChI is InChI=1S/C18H13Cl2FN4/c19-14-5-2-1-4-12(14)10-24-17(8-22)18(9-23)25-11-13-15(20)6-3-7-16(13)21/h1-7,24-25H,10-11H2. The smallest absolute Gasteiger partial charge is 0.148 e. The van der Waals surface area contributed by atoms with Gasteiger partial charge in [-0.25, -0.2) is 4.39 Å². The summed E-state index contributed by atoms with van der Waals surface area (Å²) in [6.07, 6.45) is 0. The van der Waals surface area contributed by atoms with Gasteiger partial charge < -0.3 is 10.6 Å². The number of nitriles is 2. The maximum absolute atomic E-state index is 13.8. The van der Waals surface area contributed by atoms with E-state index in [1.807, 2.05) is 24.3 Å². The molecule has 0 aliphatic carbocycles. The second kappa shape index (κ2) is 8.94. The summed E-state index contributed by atoms with van der Waals surface area (Å²) < 4.78 is 13.8. The van der Waals surface area contributed by atoms with E-state index in [0.29, 0.717) is 5.02 Å². The minimum atomic E-state index is -0.486. The van der Waals surface area contributed by atoms with Crippen LogP contribution in [0.2, 0.25) is 10.0 Å². The zero-order chi connectivity index (χ0) is 18.2. The fourth-order valence-corrected chi connectivity index (χ4v) is 2.50. The van der Waals surface area contributed by atoms with Crippen LogP contribution in [0.15, 0.2) is 53.9 Å². The van der Waals surface area contributed by atoms with Crippen molar-refractivity contribution in [3.05, 3.63) is 80.8 Å². The van der Waals surface area contributed by atoms with Gasteiger partial charge in [0.15, 0.2) is 0 Å². The zero-order valence-corrected chi connectivity index (χ0v) is 14.5. The lowest BCUT2D eigenvalue weighted by atomic mass is 10.2. The number of benzene rings is 2. The van der Waals surface area contributed by atoms with E-state index in [2.05, 4.69) is 10.6 Å². The van der Waals surface area contributed by atoms with Crippen LogP contribution in [0.1, 0.15) is 11.1 Å². The van der Waals surface area contributed by atoms with Crippen LogP contribution < -0.4 is 10.6 Å². The van der Waals surface area contributed by atoms with Gasteiger partial charge in [-0.05, 0) is 23.8 Å². The summed E-state index contributed by atoms with van der Waals surface area (Å²) in [5.74, 6) is -0.486. The molecule has 7 heteroatoms. The van der Waals surface area contributed by atoms with Crippen molar-refractivity contribution >= 4 is 23.2 Å². The first kappa shape index (κ1) is 18.6. The molecule has 25 heavy (non-hydrogen) atoms. The normalized spacial score (nSPS) is 11.1. The monoisotopic (exact) mass is 374 g/mol. The van der Waals surface area contributed by atoms with Gasteiger partial charge in [-0.2, -0.15) is 10.5 Å². The first-order valence-corrected chi connectivity index (χ1v) is 8.01. The van der Waals surface area contributed by atoms with Crippen molar-refractivity contribution in [2.45, 2.75) is 13.1 Å². The van der Waals surface area contributed by atoms with E-state index in [1.54, 1.807) is 18.2 Å². The summed E-state index contributed by atoms with van der Waals surface area (Å²) in [5, 5.41) is 25.0. The number of nitrogens with one attached hydrogen (secondary N) is 2. The Bertz CT molecular complexity index is 861. The van der Waals surface area contributed by atoms with Gasteiger partial charge in [0.25, 0.3) is 0 Å². The second-order valence-corrected chi connectivity index (χ2v) is 5.79. The average Bonchev–Trinajstić information content (AvgIpc) is 2.61. The zero-order valence-electron chi connectivity index (χ0n) is 13.0. The molecule has 0 radical (unpaired) electrons. The number of halogens is 3. The van der Waals surface area contributed by atoms with E-state index in [1.165, 1.54) is 12.1 Å². The molecule has 0 fully saturated rings. The van der Waals surface area contributed by atoms with Crippen LogP contribution in [0.5, 0.6) is 0 Å². The first-order valence-electron chi connectivity index (χ1n) is 7.25. The van der Waals surface area contributed by atoms with E-state index in [4.69, 9.17) is 23.2 Å². The molecule has 4 nitrogen and oxygen atoms in total. The van der Waals surface area contributed by atoms with Gasteiger partial charge in [-0.3, -0.25) is 0 Å². The van der Waals surface area contributed by atoms with Crippen LogP contribution in [0, 0.1) is 28.5 Å². The predicted molar refractivity (Wildman–Crippen MR) is 94.8 cm³/mol. The largest absolute Gasteiger partial charge is 0.370 e. The molecule has 0 unspecified atom stereocenters. The highest BCUT2D eigenvalue weighted by Gasteiger charge is 2.11. The Morgan fingerprint density at radius 2 is 1.48 bits per heavy atom. The van der Waals surface area contributed by atoms with Crippen LogP contribution in [-0.4, -0.2) is 0 Å². The maximum Gasteiger partial charge on any atom is 0.148 e. The third-order valence-electron chi connectivity index (χ3n) is 3.39. The van der Waals surface area contributed by atoms with Gasteiger partial charge in [0.1, 0.15) is 29.3 Å². The first-order chi connectivity index (χ1) is 12.1. The van der Waals surface area contributed by atoms with Crippen molar-refractivity contribution in [3.8, 4) is 12.1 Å². The topological polar surface area (TPSA) is 71.6 Å². The minimum Gasteiger partial charge on any atom is -0.370 e. The number of nitrogens with zero attached hydrogens (tertiary/aromatic N) is 2. The molecule has 126 valence electrons. The molecule has 0 atom stereocenters. The molecule has 0 aliphatic rings. The molecule has 0 saturated heterocycles. The highest BCUT2D eigenvalue weighted by Crippen LogP contribution is 2.19. The quantitative estimate of drug-likeness (QED) is 0.740. The van der Waals surface area contributed by atoms with Crippen molar-refractivity contribution < 1.29 is 4.39 Å². The molecule has 0 amide bonds. The Balaban J connectivity index is 2.13. The van der Waals surface area contributed by atoms with Gasteiger partial charge in [0.2, 0.25) is 0 Å². The van der Waals surface area contributed by atoms with Gasteiger partial charge >= 0.3 is 0 Å². The van der Waals surface area contributed by atoms with Crippen LogP contribution in [-0.2, 0) is 13.1 Å². The Kier molecular flexibility index (Phi) is 6.65. The second-order valence-electron chi connectivity index (χ2n) is 4.97. The van der Waals surface area contributed by atoms with Crippen molar-refractivity contribution in [2.24, 2.45) is 0 Å². The van der Waals surface area contributed by atoms with E-state index in [-0.39, 0.29) is 35.1 Å². The molecule has 0 aromatic heterocycles. The van der Waals surface area contributed by atoms with Gasteiger partial charge in [-0.15, -0.1) is 0 Å². The molecule has 2 rings (SSSR count). The van der Waals surface area contributed by atoms with Crippen LogP contribution >= 0.6 is 23.2 Å². The SMILES string of the molecule is N#CC(NCc1ccccc1Cl)=C(C#N)NCc1c(F)cccc1Cl. The van der Waals surface area contributed by atoms with Crippen LogP contribution in [0.25, 0.3) is 0 Å². The summed E-state index contributed by atoms with van der Waals surface area (Å²) >= 11 is 12.0. The highest BCUT2D eigenvalue weighted by molar-refractivity contribution is 6.31. The molecular weight excluding hydrogens is 362 g/mol. The molecule has 0 saturated carbocycles. The third kappa shape index (κ3) is 4.87. The molecule has 2 N–H and O–H groups in total. The van der Waals surface area contributed by atoms with Gasteiger partial charge in [0.05, 0.1) is 0 Å². The van der Waals surface area contributed by atoms with Crippen molar-refractivity contribution in [1.82, 2.24) is 10.6 Å². The fourth-order valence-electron chi connectivity index (χ4n) is 2.07. The van der Waals surface area contributed by atoms with Crippen molar-refractivity contribution in [2.75, 3.05) is 0 Å². The molecule has 0 aliphatic heterocycles. The average molecular weight is 375 g/mol. The number of allylic oxidation sites excluding steroid dienone is 2. The molecular formula is C18H13Cl2FN4. The Hall–Kier alpha value is -2.73. The highest BCUT2D eigenvalue weighted by atomic mass is 35.5. The summed E-state index contributed by atoms with van der Waals surface area (Å²) in [5.41, 5.74) is 1.04. The Labute approximate surface area is 155 Å².